The summed E-state index contributed by atoms with van der Waals surface area (Å²) in [5, 5.41) is -0.0695. The van der Waals surface area contributed by atoms with Crippen molar-refractivity contribution in [2.24, 2.45) is 5.92 Å². The van der Waals surface area contributed by atoms with Gasteiger partial charge in [0.1, 0.15) is 0 Å². The molecule has 0 aromatic rings. The maximum atomic E-state index is 6.13. The molecule has 0 aromatic carbocycles. The van der Waals surface area contributed by atoms with E-state index in [1.807, 2.05) is 0 Å². The molecule has 0 atom stereocenters. The van der Waals surface area contributed by atoms with E-state index >= 15 is 0 Å². The minimum absolute atomic E-state index is 0.0695. The molecule has 0 heterocycles. The average molecular weight is 291 g/mol. The Morgan fingerprint density at radius 1 is 0.947 bits per heavy atom. The normalized spacial score (nSPS) is 13.3. The van der Waals surface area contributed by atoms with E-state index < -0.39 is 8.80 Å². The predicted octanol–water partition coefficient (Wildman–Crippen LogP) is 4.64. The third kappa shape index (κ3) is 5.18. The predicted molar refractivity (Wildman–Crippen MR) is 83.4 cm³/mol. The first kappa shape index (κ1) is 19.1. The molecule has 3 nitrogen and oxygen atoms in total. The van der Waals surface area contributed by atoms with Crippen LogP contribution in [0.25, 0.3) is 0 Å². The van der Waals surface area contributed by atoms with Crippen LogP contribution in [-0.4, -0.2) is 29.6 Å². The molecular formula is C15H34O3Si. The Morgan fingerprint density at radius 3 is 1.89 bits per heavy atom. The van der Waals surface area contributed by atoms with E-state index in [0.29, 0.717) is 5.92 Å². The van der Waals surface area contributed by atoms with Crippen LogP contribution in [0.1, 0.15) is 66.7 Å². The topological polar surface area (TPSA) is 27.7 Å². The first-order valence-corrected chi connectivity index (χ1v) is 9.34. The van der Waals surface area contributed by atoms with Crippen LogP contribution in [0.2, 0.25) is 5.04 Å². The van der Waals surface area contributed by atoms with Crippen molar-refractivity contribution < 1.29 is 13.3 Å². The lowest BCUT2D eigenvalue weighted by Crippen LogP contribution is -2.55. The van der Waals surface area contributed by atoms with E-state index in [1.165, 1.54) is 25.7 Å². The monoisotopic (exact) mass is 290 g/mol. The van der Waals surface area contributed by atoms with Gasteiger partial charge >= 0.3 is 8.80 Å². The highest BCUT2D eigenvalue weighted by Crippen LogP contribution is 2.45. The van der Waals surface area contributed by atoms with Gasteiger partial charge in [0.05, 0.1) is 0 Å². The highest BCUT2D eigenvalue weighted by atomic mass is 28.4. The molecule has 0 rings (SSSR count). The van der Waals surface area contributed by atoms with Crippen LogP contribution in [0.15, 0.2) is 0 Å². The molecular weight excluding hydrogens is 256 g/mol. The van der Waals surface area contributed by atoms with Crippen LogP contribution >= 0.6 is 0 Å². The summed E-state index contributed by atoms with van der Waals surface area (Å²) in [7, 11) is 0.836. The fourth-order valence-electron chi connectivity index (χ4n) is 2.18. The van der Waals surface area contributed by atoms with Gasteiger partial charge in [-0.25, -0.2) is 0 Å². The zero-order valence-corrected chi connectivity index (χ0v) is 15.0. The molecule has 0 unspecified atom stereocenters. The molecule has 0 aliphatic rings. The lowest BCUT2D eigenvalue weighted by atomic mass is 9.99. The molecule has 116 valence electrons. The van der Waals surface area contributed by atoms with E-state index in [2.05, 4.69) is 34.6 Å². The van der Waals surface area contributed by atoms with E-state index in [1.54, 1.807) is 14.2 Å². The Bertz CT molecular complexity index is 225. The summed E-state index contributed by atoms with van der Waals surface area (Å²) in [6.45, 7) is 11.7. The SMILES string of the molecule is CCCCCCCO[Si](OC)(OC)C(C)(C)C(C)C. The molecule has 0 fully saturated rings. The summed E-state index contributed by atoms with van der Waals surface area (Å²) in [5.41, 5.74) is 0. The standard InChI is InChI=1S/C15H34O3Si/c1-8-9-10-11-12-13-18-19(16-6,17-7)15(4,5)14(2)3/h14H,8-13H2,1-7H3. The molecule has 19 heavy (non-hydrogen) atoms. The Balaban J connectivity index is 4.40. The second kappa shape index (κ2) is 9.11. The van der Waals surface area contributed by atoms with Gasteiger partial charge < -0.3 is 13.3 Å². The van der Waals surface area contributed by atoms with Crippen LogP contribution in [0.4, 0.5) is 0 Å². The van der Waals surface area contributed by atoms with Gasteiger partial charge in [-0.15, -0.1) is 0 Å². The smallest absolute Gasteiger partial charge is 0.377 e. The number of rotatable bonds is 11. The fourth-order valence-corrected chi connectivity index (χ4v) is 5.13. The van der Waals surface area contributed by atoms with Crippen LogP contribution in [0.3, 0.4) is 0 Å². The minimum atomic E-state index is -2.60. The van der Waals surface area contributed by atoms with Crippen LogP contribution in [-0.2, 0) is 13.3 Å². The molecule has 0 amide bonds. The van der Waals surface area contributed by atoms with Gasteiger partial charge in [0, 0.05) is 25.9 Å². The van der Waals surface area contributed by atoms with Crippen molar-refractivity contribution in [3.63, 3.8) is 0 Å². The van der Waals surface area contributed by atoms with Crippen molar-refractivity contribution in [2.75, 3.05) is 20.8 Å². The van der Waals surface area contributed by atoms with Gasteiger partial charge in [0.15, 0.2) is 0 Å². The van der Waals surface area contributed by atoms with E-state index in [9.17, 15) is 0 Å². The van der Waals surface area contributed by atoms with Crippen LogP contribution in [0.5, 0.6) is 0 Å². The van der Waals surface area contributed by atoms with Crippen molar-refractivity contribution in [3.8, 4) is 0 Å². The lowest BCUT2D eigenvalue weighted by Gasteiger charge is -2.42. The first-order valence-electron chi connectivity index (χ1n) is 7.62. The van der Waals surface area contributed by atoms with Gasteiger partial charge in [-0.2, -0.15) is 0 Å². The molecule has 0 aliphatic carbocycles. The summed E-state index contributed by atoms with van der Waals surface area (Å²) < 4.78 is 17.6. The van der Waals surface area contributed by atoms with Gasteiger partial charge in [-0.05, 0) is 12.3 Å². The summed E-state index contributed by atoms with van der Waals surface area (Å²) in [6.07, 6.45) is 6.20. The first-order chi connectivity index (χ1) is 8.88. The summed E-state index contributed by atoms with van der Waals surface area (Å²) in [5.74, 6) is 0.458. The molecule has 0 saturated carbocycles. The van der Waals surface area contributed by atoms with Gasteiger partial charge in [-0.1, -0.05) is 60.3 Å². The van der Waals surface area contributed by atoms with Crippen molar-refractivity contribution in [2.45, 2.75) is 71.8 Å². The highest BCUT2D eigenvalue weighted by Gasteiger charge is 2.55. The Morgan fingerprint density at radius 2 is 1.47 bits per heavy atom. The maximum Gasteiger partial charge on any atom is 0.506 e. The van der Waals surface area contributed by atoms with E-state index in [0.717, 1.165) is 13.0 Å². The molecule has 0 N–H and O–H groups in total. The summed E-state index contributed by atoms with van der Waals surface area (Å²) in [6, 6.07) is 0. The number of unbranched alkanes of at least 4 members (excludes halogenated alkanes) is 4. The largest absolute Gasteiger partial charge is 0.506 e. The van der Waals surface area contributed by atoms with E-state index in [-0.39, 0.29) is 5.04 Å². The molecule has 4 heteroatoms. The second-order valence-electron chi connectivity index (χ2n) is 6.10. The molecule has 0 radical (unpaired) electrons. The van der Waals surface area contributed by atoms with Crippen molar-refractivity contribution in [1.29, 1.82) is 0 Å². The van der Waals surface area contributed by atoms with Crippen molar-refractivity contribution in [1.82, 2.24) is 0 Å². The summed E-state index contributed by atoms with van der Waals surface area (Å²) in [4.78, 5) is 0. The zero-order chi connectivity index (χ0) is 14.9. The third-order valence-electron chi connectivity index (χ3n) is 4.31. The lowest BCUT2D eigenvalue weighted by molar-refractivity contribution is 0.0621. The van der Waals surface area contributed by atoms with Crippen LogP contribution < -0.4 is 0 Å². The Hall–Kier alpha value is 0.0969. The molecule has 0 aromatic heterocycles. The van der Waals surface area contributed by atoms with Crippen LogP contribution in [0, 0.1) is 5.92 Å². The zero-order valence-electron chi connectivity index (χ0n) is 14.0. The Kier molecular flexibility index (Phi) is 9.16. The molecule has 0 saturated heterocycles. The summed E-state index contributed by atoms with van der Waals surface area (Å²) >= 11 is 0. The Labute approximate surface area is 121 Å². The quantitative estimate of drug-likeness (QED) is 0.410. The number of hydrogen-bond acceptors (Lipinski definition) is 3. The second-order valence-corrected chi connectivity index (χ2v) is 9.61. The minimum Gasteiger partial charge on any atom is -0.377 e. The van der Waals surface area contributed by atoms with E-state index in [4.69, 9.17) is 13.3 Å². The molecule has 0 spiro atoms. The molecule has 0 bridgehead atoms. The third-order valence-corrected chi connectivity index (χ3v) is 8.12. The van der Waals surface area contributed by atoms with Gasteiger partial charge in [0.2, 0.25) is 0 Å². The highest BCUT2D eigenvalue weighted by molar-refractivity contribution is 6.64. The number of hydrogen-bond donors (Lipinski definition) is 0. The van der Waals surface area contributed by atoms with Crippen molar-refractivity contribution >= 4 is 8.80 Å². The fraction of sp³-hybridized carbons (Fsp3) is 1.00. The average Bonchev–Trinajstić information content (AvgIpc) is 2.38. The van der Waals surface area contributed by atoms with Gasteiger partial charge in [0.25, 0.3) is 0 Å². The maximum absolute atomic E-state index is 6.13. The molecule has 0 aliphatic heterocycles. The van der Waals surface area contributed by atoms with Gasteiger partial charge in [-0.3, -0.25) is 0 Å². The van der Waals surface area contributed by atoms with Crippen molar-refractivity contribution in [3.05, 3.63) is 0 Å².